The highest BCUT2D eigenvalue weighted by Gasteiger charge is 2.08. The van der Waals surface area contributed by atoms with Crippen LogP contribution in [0.3, 0.4) is 0 Å². The fourth-order valence-electron chi connectivity index (χ4n) is 1.43. The number of anilines is 1. The monoisotopic (exact) mass is 291 g/mol. The highest BCUT2D eigenvalue weighted by atomic mass is 35.5. The van der Waals surface area contributed by atoms with E-state index in [9.17, 15) is 4.79 Å². The van der Waals surface area contributed by atoms with E-state index in [-0.39, 0.29) is 16.1 Å². The summed E-state index contributed by atoms with van der Waals surface area (Å²) >= 11 is 11.6. The molecule has 0 radical (unpaired) electrons. The van der Waals surface area contributed by atoms with Gasteiger partial charge in [-0.15, -0.1) is 0 Å². The lowest BCUT2D eigenvalue weighted by Crippen LogP contribution is -2.12. The van der Waals surface area contributed by atoms with Crippen molar-refractivity contribution in [3.8, 4) is 6.07 Å². The molecular formula is C13H7Cl2N3O. The van der Waals surface area contributed by atoms with Crippen LogP contribution in [0.15, 0.2) is 36.5 Å². The van der Waals surface area contributed by atoms with Crippen LogP contribution in [-0.2, 0) is 0 Å². The fraction of sp³-hybridized carbons (Fsp3) is 0. The number of carbonyl (C=O) groups excluding carboxylic acids is 1. The summed E-state index contributed by atoms with van der Waals surface area (Å²) in [5.74, 6) is -0.329. The molecule has 0 bridgehead atoms. The van der Waals surface area contributed by atoms with Gasteiger partial charge < -0.3 is 5.32 Å². The third-order valence-electron chi connectivity index (χ3n) is 2.34. The van der Waals surface area contributed by atoms with Gasteiger partial charge in [0.05, 0.1) is 10.6 Å². The molecule has 0 saturated carbocycles. The van der Waals surface area contributed by atoms with Crippen molar-refractivity contribution in [2.45, 2.75) is 0 Å². The first-order chi connectivity index (χ1) is 9.10. The van der Waals surface area contributed by atoms with Crippen LogP contribution in [0.2, 0.25) is 10.2 Å². The van der Waals surface area contributed by atoms with E-state index in [0.717, 1.165) is 0 Å². The Morgan fingerprint density at radius 3 is 2.68 bits per heavy atom. The van der Waals surface area contributed by atoms with E-state index in [1.54, 1.807) is 12.1 Å². The number of hydrogen-bond donors (Lipinski definition) is 1. The first kappa shape index (κ1) is 13.3. The smallest absolute Gasteiger partial charge is 0.255 e. The van der Waals surface area contributed by atoms with Gasteiger partial charge in [0.15, 0.2) is 0 Å². The molecule has 4 nitrogen and oxygen atoms in total. The molecule has 2 aromatic rings. The van der Waals surface area contributed by atoms with E-state index in [1.807, 2.05) is 6.07 Å². The quantitative estimate of drug-likeness (QED) is 0.861. The van der Waals surface area contributed by atoms with Crippen molar-refractivity contribution >= 4 is 34.8 Å². The second-order valence-electron chi connectivity index (χ2n) is 3.63. The number of nitrogens with zero attached hydrogens (tertiary/aromatic N) is 2. The van der Waals surface area contributed by atoms with Gasteiger partial charge in [0, 0.05) is 17.4 Å². The molecule has 0 atom stereocenters. The molecular weight excluding hydrogens is 285 g/mol. The number of nitrogens with one attached hydrogen (secondary N) is 1. The van der Waals surface area contributed by atoms with Gasteiger partial charge in [0.25, 0.3) is 5.91 Å². The summed E-state index contributed by atoms with van der Waals surface area (Å²) in [6, 6.07) is 9.61. The lowest BCUT2D eigenvalue weighted by Gasteiger charge is -2.06. The summed E-state index contributed by atoms with van der Waals surface area (Å²) in [6.45, 7) is 0. The van der Waals surface area contributed by atoms with Crippen LogP contribution in [0, 0.1) is 11.3 Å². The molecule has 1 heterocycles. The zero-order valence-corrected chi connectivity index (χ0v) is 11.0. The van der Waals surface area contributed by atoms with Crippen LogP contribution in [0.25, 0.3) is 0 Å². The topological polar surface area (TPSA) is 65.8 Å². The van der Waals surface area contributed by atoms with Crippen molar-refractivity contribution in [3.63, 3.8) is 0 Å². The third-order valence-corrected chi connectivity index (χ3v) is 2.86. The van der Waals surface area contributed by atoms with Crippen LogP contribution in [0.5, 0.6) is 0 Å². The van der Waals surface area contributed by atoms with E-state index in [4.69, 9.17) is 28.5 Å². The maximum atomic E-state index is 11.9. The molecule has 1 aromatic carbocycles. The maximum absolute atomic E-state index is 11.9. The Hall–Kier alpha value is -2.09. The van der Waals surface area contributed by atoms with Crippen molar-refractivity contribution in [1.29, 1.82) is 5.26 Å². The van der Waals surface area contributed by atoms with Crippen molar-refractivity contribution in [3.05, 3.63) is 57.8 Å². The molecule has 1 N–H and O–H groups in total. The number of aromatic nitrogens is 1. The summed E-state index contributed by atoms with van der Waals surface area (Å²) in [6.07, 6.45) is 1.45. The number of hydrogen-bond acceptors (Lipinski definition) is 3. The predicted molar refractivity (Wildman–Crippen MR) is 73.4 cm³/mol. The van der Waals surface area contributed by atoms with Gasteiger partial charge in [-0.2, -0.15) is 5.26 Å². The van der Waals surface area contributed by atoms with E-state index in [2.05, 4.69) is 10.3 Å². The van der Waals surface area contributed by atoms with Gasteiger partial charge in [-0.3, -0.25) is 4.79 Å². The Morgan fingerprint density at radius 2 is 2.05 bits per heavy atom. The van der Waals surface area contributed by atoms with Crippen LogP contribution >= 0.6 is 23.2 Å². The first-order valence-electron chi connectivity index (χ1n) is 5.22. The second-order valence-corrected chi connectivity index (χ2v) is 4.42. The zero-order chi connectivity index (χ0) is 13.8. The summed E-state index contributed by atoms with van der Waals surface area (Å²) in [4.78, 5) is 15.7. The molecule has 0 saturated heterocycles. The maximum Gasteiger partial charge on any atom is 0.255 e. The summed E-state index contributed by atoms with van der Waals surface area (Å²) in [7, 11) is 0. The van der Waals surface area contributed by atoms with Crippen LogP contribution in [0.1, 0.15) is 15.9 Å². The van der Waals surface area contributed by atoms with Gasteiger partial charge in [-0.25, -0.2) is 4.98 Å². The van der Waals surface area contributed by atoms with Crippen molar-refractivity contribution in [2.24, 2.45) is 0 Å². The minimum Gasteiger partial charge on any atom is -0.322 e. The van der Waals surface area contributed by atoms with E-state index >= 15 is 0 Å². The Balaban J connectivity index is 2.20. The number of pyridine rings is 1. The van der Waals surface area contributed by atoms with Gasteiger partial charge >= 0.3 is 0 Å². The third kappa shape index (κ3) is 3.22. The average molecular weight is 292 g/mol. The SMILES string of the molecule is N#Cc1ccc(NC(=O)c2ccnc(Cl)c2)cc1Cl. The lowest BCUT2D eigenvalue weighted by molar-refractivity contribution is 0.102. The number of carbonyl (C=O) groups is 1. The summed E-state index contributed by atoms with van der Waals surface area (Å²) in [5, 5.41) is 11.9. The Morgan fingerprint density at radius 1 is 1.26 bits per heavy atom. The zero-order valence-electron chi connectivity index (χ0n) is 9.52. The largest absolute Gasteiger partial charge is 0.322 e. The molecule has 0 aliphatic carbocycles. The minimum atomic E-state index is -0.329. The molecule has 0 fully saturated rings. The van der Waals surface area contributed by atoms with Crippen molar-refractivity contribution in [1.82, 2.24) is 4.98 Å². The Bertz CT molecular complexity index is 680. The summed E-state index contributed by atoms with van der Waals surface area (Å²) < 4.78 is 0. The molecule has 0 unspecified atom stereocenters. The van der Waals surface area contributed by atoms with Crippen molar-refractivity contribution in [2.75, 3.05) is 5.32 Å². The molecule has 94 valence electrons. The summed E-state index contributed by atoms with van der Waals surface area (Å²) in [5.41, 5.74) is 1.24. The standard InChI is InChI=1S/C13H7Cl2N3O/c14-11-6-10(2-1-9(11)7-16)18-13(19)8-3-4-17-12(15)5-8/h1-6H,(H,18,19). The van der Waals surface area contributed by atoms with Gasteiger partial charge in [-0.1, -0.05) is 23.2 Å². The Kier molecular flexibility index (Phi) is 4.00. The minimum absolute atomic E-state index is 0.241. The lowest BCUT2D eigenvalue weighted by atomic mass is 10.2. The van der Waals surface area contributed by atoms with Crippen LogP contribution in [0.4, 0.5) is 5.69 Å². The molecule has 2 rings (SSSR count). The van der Waals surface area contributed by atoms with Gasteiger partial charge in [-0.05, 0) is 30.3 Å². The molecule has 0 spiro atoms. The predicted octanol–water partition coefficient (Wildman–Crippen LogP) is 3.51. The van der Waals surface area contributed by atoms with E-state index < -0.39 is 0 Å². The number of amides is 1. The van der Waals surface area contributed by atoms with E-state index in [1.165, 1.54) is 24.4 Å². The highest BCUT2D eigenvalue weighted by molar-refractivity contribution is 6.32. The molecule has 1 aromatic heterocycles. The Labute approximate surface area is 119 Å². The number of halogens is 2. The van der Waals surface area contributed by atoms with Crippen LogP contribution in [-0.4, -0.2) is 10.9 Å². The molecule has 1 amide bonds. The fourth-order valence-corrected chi connectivity index (χ4v) is 1.83. The van der Waals surface area contributed by atoms with E-state index in [0.29, 0.717) is 16.8 Å². The number of benzene rings is 1. The average Bonchev–Trinajstić information content (AvgIpc) is 2.39. The molecule has 19 heavy (non-hydrogen) atoms. The molecule has 6 heteroatoms. The van der Waals surface area contributed by atoms with Crippen molar-refractivity contribution < 1.29 is 4.79 Å². The van der Waals surface area contributed by atoms with Crippen LogP contribution < -0.4 is 5.32 Å². The normalized spacial score (nSPS) is 9.74. The highest BCUT2D eigenvalue weighted by Crippen LogP contribution is 2.20. The number of nitriles is 1. The molecule has 0 aliphatic rings. The van der Waals surface area contributed by atoms with Gasteiger partial charge in [0.2, 0.25) is 0 Å². The van der Waals surface area contributed by atoms with Gasteiger partial charge in [0.1, 0.15) is 11.2 Å². The first-order valence-corrected chi connectivity index (χ1v) is 5.98. The molecule has 0 aliphatic heterocycles. The number of rotatable bonds is 2. The second kappa shape index (κ2) is 5.70.